The number of benzene rings is 2. The SMILES string of the molecule is COc1ccc(C(=O)CSc2nnc(-c3ccc(C(C)(C)C)cc3)n2C)c(OC)c1. The summed E-state index contributed by atoms with van der Waals surface area (Å²) in [7, 11) is 5.03. The third kappa shape index (κ3) is 4.67. The van der Waals surface area contributed by atoms with E-state index in [1.54, 1.807) is 32.4 Å². The van der Waals surface area contributed by atoms with Crippen molar-refractivity contribution in [3.63, 3.8) is 0 Å². The van der Waals surface area contributed by atoms with Crippen LogP contribution in [0.2, 0.25) is 0 Å². The molecule has 158 valence electrons. The molecular formula is C23H27N3O3S. The Bertz CT molecular complexity index is 1040. The summed E-state index contributed by atoms with van der Waals surface area (Å²) in [6, 6.07) is 13.5. The lowest BCUT2D eigenvalue weighted by atomic mass is 9.87. The number of carbonyl (C=O) groups is 1. The molecule has 3 aromatic rings. The predicted molar refractivity (Wildman–Crippen MR) is 120 cm³/mol. The first-order valence-corrected chi connectivity index (χ1v) is 10.6. The van der Waals surface area contributed by atoms with Crippen molar-refractivity contribution in [1.29, 1.82) is 0 Å². The maximum atomic E-state index is 12.7. The highest BCUT2D eigenvalue weighted by atomic mass is 32.2. The van der Waals surface area contributed by atoms with Gasteiger partial charge in [-0.25, -0.2) is 0 Å². The minimum Gasteiger partial charge on any atom is -0.497 e. The van der Waals surface area contributed by atoms with Crippen LogP contribution in [0.3, 0.4) is 0 Å². The molecule has 0 N–H and O–H groups in total. The van der Waals surface area contributed by atoms with Crippen LogP contribution in [0.1, 0.15) is 36.7 Å². The Morgan fingerprint density at radius 3 is 2.33 bits per heavy atom. The third-order valence-electron chi connectivity index (χ3n) is 4.89. The van der Waals surface area contributed by atoms with Crippen molar-refractivity contribution in [2.24, 2.45) is 7.05 Å². The van der Waals surface area contributed by atoms with Crippen molar-refractivity contribution in [2.45, 2.75) is 31.3 Å². The molecular weight excluding hydrogens is 398 g/mol. The molecule has 0 spiro atoms. The molecule has 6 nitrogen and oxygen atoms in total. The third-order valence-corrected chi connectivity index (χ3v) is 5.91. The van der Waals surface area contributed by atoms with Gasteiger partial charge in [0.2, 0.25) is 0 Å². The van der Waals surface area contributed by atoms with E-state index in [1.165, 1.54) is 17.3 Å². The van der Waals surface area contributed by atoms with E-state index < -0.39 is 0 Å². The molecule has 1 heterocycles. The highest BCUT2D eigenvalue weighted by Crippen LogP contribution is 2.29. The minimum atomic E-state index is -0.0430. The largest absolute Gasteiger partial charge is 0.497 e. The molecule has 3 rings (SSSR count). The van der Waals surface area contributed by atoms with Crippen molar-refractivity contribution in [3.05, 3.63) is 53.6 Å². The van der Waals surface area contributed by atoms with Gasteiger partial charge in [0, 0.05) is 18.7 Å². The van der Waals surface area contributed by atoms with Gasteiger partial charge in [-0.3, -0.25) is 4.79 Å². The molecule has 7 heteroatoms. The zero-order valence-electron chi connectivity index (χ0n) is 18.2. The highest BCUT2D eigenvalue weighted by molar-refractivity contribution is 7.99. The zero-order chi connectivity index (χ0) is 21.9. The Kier molecular flexibility index (Phi) is 6.51. The Hall–Kier alpha value is -2.80. The molecule has 0 radical (unpaired) electrons. The lowest BCUT2D eigenvalue weighted by Gasteiger charge is -2.19. The summed E-state index contributed by atoms with van der Waals surface area (Å²) in [6.45, 7) is 6.57. The predicted octanol–water partition coefficient (Wildman–Crippen LogP) is 4.77. The van der Waals surface area contributed by atoms with E-state index in [-0.39, 0.29) is 17.0 Å². The molecule has 0 bridgehead atoms. The van der Waals surface area contributed by atoms with Crippen molar-refractivity contribution in [3.8, 4) is 22.9 Å². The van der Waals surface area contributed by atoms with Crippen LogP contribution in [-0.2, 0) is 12.5 Å². The van der Waals surface area contributed by atoms with Crippen molar-refractivity contribution in [2.75, 3.05) is 20.0 Å². The number of carbonyl (C=O) groups excluding carboxylic acids is 1. The first-order chi connectivity index (χ1) is 14.2. The van der Waals surface area contributed by atoms with Crippen LogP contribution >= 0.6 is 11.8 Å². The molecule has 0 aliphatic heterocycles. The van der Waals surface area contributed by atoms with Gasteiger partial charge in [-0.1, -0.05) is 56.8 Å². The molecule has 0 saturated heterocycles. The number of hydrogen-bond acceptors (Lipinski definition) is 6. The summed E-state index contributed by atoms with van der Waals surface area (Å²) in [5, 5.41) is 9.28. The Morgan fingerprint density at radius 1 is 1.03 bits per heavy atom. The molecule has 1 aromatic heterocycles. The standard InChI is InChI=1S/C23H27N3O3S/c1-23(2,3)16-9-7-15(8-10-16)21-24-25-22(26(21)4)30-14-19(27)18-12-11-17(28-5)13-20(18)29-6/h7-13H,14H2,1-6H3. The van der Waals surface area contributed by atoms with Gasteiger partial charge in [-0.15, -0.1) is 10.2 Å². The smallest absolute Gasteiger partial charge is 0.191 e. The summed E-state index contributed by atoms with van der Waals surface area (Å²) in [5.74, 6) is 2.10. The number of aromatic nitrogens is 3. The van der Waals surface area contributed by atoms with Gasteiger partial charge in [-0.2, -0.15) is 0 Å². The number of hydrogen-bond donors (Lipinski definition) is 0. The monoisotopic (exact) mass is 425 g/mol. The number of Topliss-reactive ketones (excluding diaryl/α,β-unsaturated/α-hetero) is 1. The summed E-state index contributed by atoms with van der Waals surface area (Å²) >= 11 is 1.36. The van der Waals surface area contributed by atoms with Crippen LogP contribution in [0.25, 0.3) is 11.4 Å². The molecule has 0 fully saturated rings. The second-order valence-electron chi connectivity index (χ2n) is 7.97. The number of nitrogens with zero attached hydrogens (tertiary/aromatic N) is 3. The van der Waals surface area contributed by atoms with E-state index >= 15 is 0 Å². The van der Waals surface area contributed by atoms with Gasteiger partial charge in [-0.05, 0) is 23.1 Å². The maximum absolute atomic E-state index is 12.7. The summed E-state index contributed by atoms with van der Waals surface area (Å²) < 4.78 is 12.4. The van der Waals surface area contributed by atoms with E-state index in [0.717, 1.165) is 11.4 Å². The van der Waals surface area contributed by atoms with Gasteiger partial charge in [0.25, 0.3) is 0 Å². The average molecular weight is 426 g/mol. The molecule has 0 unspecified atom stereocenters. The van der Waals surface area contributed by atoms with E-state index in [0.29, 0.717) is 22.2 Å². The quantitative estimate of drug-likeness (QED) is 0.401. The van der Waals surface area contributed by atoms with Crippen LogP contribution in [0.15, 0.2) is 47.6 Å². The molecule has 30 heavy (non-hydrogen) atoms. The topological polar surface area (TPSA) is 66.2 Å². The molecule has 2 aromatic carbocycles. The normalized spacial score (nSPS) is 11.4. The van der Waals surface area contributed by atoms with E-state index in [4.69, 9.17) is 9.47 Å². The van der Waals surface area contributed by atoms with Gasteiger partial charge in [0.05, 0.1) is 25.5 Å². The fraction of sp³-hybridized carbons (Fsp3) is 0.348. The van der Waals surface area contributed by atoms with Crippen LogP contribution < -0.4 is 9.47 Å². The maximum Gasteiger partial charge on any atom is 0.191 e. The highest BCUT2D eigenvalue weighted by Gasteiger charge is 2.18. The summed E-state index contributed by atoms with van der Waals surface area (Å²) in [5.41, 5.74) is 2.88. The number of ketones is 1. The fourth-order valence-corrected chi connectivity index (χ4v) is 3.84. The van der Waals surface area contributed by atoms with Crippen LogP contribution in [-0.4, -0.2) is 40.5 Å². The lowest BCUT2D eigenvalue weighted by molar-refractivity contribution is 0.101. The summed E-state index contributed by atoms with van der Waals surface area (Å²) in [6.07, 6.45) is 0. The van der Waals surface area contributed by atoms with Gasteiger partial charge >= 0.3 is 0 Å². The lowest BCUT2D eigenvalue weighted by Crippen LogP contribution is -2.10. The number of ether oxygens (including phenoxy) is 2. The van der Waals surface area contributed by atoms with Crippen LogP contribution in [0.4, 0.5) is 0 Å². The Balaban J connectivity index is 1.73. The second kappa shape index (κ2) is 8.92. The number of rotatable bonds is 7. The van der Waals surface area contributed by atoms with E-state index in [2.05, 4.69) is 55.2 Å². The number of thioether (sulfide) groups is 1. The minimum absolute atomic E-state index is 0.0430. The molecule has 0 aliphatic rings. The molecule has 0 saturated carbocycles. The Morgan fingerprint density at radius 2 is 1.73 bits per heavy atom. The van der Waals surface area contributed by atoms with Crippen molar-refractivity contribution >= 4 is 17.5 Å². The van der Waals surface area contributed by atoms with Gasteiger partial charge in [0.1, 0.15) is 11.5 Å². The first-order valence-electron chi connectivity index (χ1n) is 9.63. The van der Waals surface area contributed by atoms with E-state index in [1.807, 2.05) is 11.6 Å². The van der Waals surface area contributed by atoms with E-state index in [9.17, 15) is 4.79 Å². The van der Waals surface area contributed by atoms with Gasteiger partial charge < -0.3 is 14.0 Å². The second-order valence-corrected chi connectivity index (χ2v) is 8.91. The van der Waals surface area contributed by atoms with Crippen LogP contribution in [0.5, 0.6) is 11.5 Å². The van der Waals surface area contributed by atoms with Gasteiger partial charge in [0.15, 0.2) is 16.8 Å². The van der Waals surface area contributed by atoms with Crippen molar-refractivity contribution < 1.29 is 14.3 Å². The summed E-state index contributed by atoms with van der Waals surface area (Å²) in [4.78, 5) is 12.7. The number of methoxy groups -OCH3 is 2. The van der Waals surface area contributed by atoms with Crippen LogP contribution in [0, 0.1) is 0 Å². The molecule has 0 amide bonds. The zero-order valence-corrected chi connectivity index (χ0v) is 19.0. The first kappa shape index (κ1) is 21.9. The fourth-order valence-electron chi connectivity index (χ4n) is 3.05. The molecule has 0 atom stereocenters. The van der Waals surface area contributed by atoms with Crippen molar-refractivity contribution in [1.82, 2.24) is 14.8 Å². The average Bonchev–Trinajstić information content (AvgIpc) is 3.11. The molecule has 0 aliphatic carbocycles. The Labute approximate surface area is 181 Å².